The van der Waals surface area contributed by atoms with Crippen LogP contribution in [0.4, 0.5) is 0 Å². The maximum Gasteiger partial charge on any atom is 0.254 e. The summed E-state index contributed by atoms with van der Waals surface area (Å²) in [5, 5.41) is 8.97. The minimum atomic E-state index is -0.683. The van der Waals surface area contributed by atoms with E-state index in [-0.39, 0.29) is 25.0 Å². The van der Waals surface area contributed by atoms with Gasteiger partial charge in [0.15, 0.2) is 6.10 Å². The zero-order valence-corrected chi connectivity index (χ0v) is 16.1. The Labute approximate surface area is 160 Å². The van der Waals surface area contributed by atoms with Gasteiger partial charge in [-0.1, -0.05) is 24.3 Å². The molecule has 0 bridgehead atoms. The van der Waals surface area contributed by atoms with Crippen molar-refractivity contribution in [2.24, 2.45) is 0 Å². The van der Waals surface area contributed by atoms with Crippen LogP contribution in [0.3, 0.4) is 0 Å². The quantitative estimate of drug-likeness (QED) is 0.808. The van der Waals surface area contributed by atoms with Gasteiger partial charge in [0.25, 0.3) is 5.91 Å². The smallest absolute Gasteiger partial charge is 0.254 e. The Morgan fingerprint density at radius 2 is 1.93 bits per heavy atom. The van der Waals surface area contributed by atoms with Gasteiger partial charge in [-0.15, -0.1) is 0 Å². The van der Waals surface area contributed by atoms with E-state index in [1.54, 1.807) is 11.9 Å². The zero-order chi connectivity index (χ0) is 19.4. The summed E-state index contributed by atoms with van der Waals surface area (Å²) in [6.45, 7) is 5.83. The lowest BCUT2D eigenvalue weighted by Gasteiger charge is -2.42. The molecule has 2 heterocycles. The first kappa shape index (κ1) is 19.8. The minimum Gasteiger partial charge on any atom is -0.396 e. The highest BCUT2D eigenvalue weighted by Gasteiger charge is 2.42. The molecule has 1 N–H and O–H groups in total. The van der Waals surface area contributed by atoms with Crippen molar-refractivity contribution in [1.82, 2.24) is 14.7 Å². The number of hydrogen-bond acceptors (Lipinski definition) is 5. The zero-order valence-electron chi connectivity index (χ0n) is 16.1. The predicted molar refractivity (Wildman–Crippen MR) is 101 cm³/mol. The van der Waals surface area contributed by atoms with Gasteiger partial charge in [-0.25, -0.2) is 0 Å². The van der Waals surface area contributed by atoms with Crippen molar-refractivity contribution in [1.29, 1.82) is 0 Å². The largest absolute Gasteiger partial charge is 0.396 e. The average Bonchev–Trinajstić information content (AvgIpc) is 2.69. The van der Waals surface area contributed by atoms with Crippen LogP contribution in [0.2, 0.25) is 0 Å². The fourth-order valence-electron chi connectivity index (χ4n) is 3.88. The molecule has 3 rings (SSSR count). The molecule has 0 aliphatic carbocycles. The molecule has 148 valence electrons. The van der Waals surface area contributed by atoms with E-state index in [1.165, 1.54) is 0 Å². The number of piperazine rings is 1. The number of nitrogens with zero attached hydrogens (tertiary/aromatic N) is 3. The van der Waals surface area contributed by atoms with Crippen LogP contribution in [-0.4, -0.2) is 90.7 Å². The molecule has 0 aromatic heterocycles. The molecule has 2 atom stereocenters. The predicted octanol–water partition coefficient (Wildman–Crippen LogP) is 0.420. The lowest BCUT2D eigenvalue weighted by atomic mass is 9.93. The normalized spacial score (nSPS) is 24.3. The monoisotopic (exact) mass is 375 g/mol. The van der Waals surface area contributed by atoms with E-state index in [1.807, 2.05) is 36.1 Å². The van der Waals surface area contributed by atoms with Gasteiger partial charge in [-0.2, -0.15) is 0 Å². The minimum absolute atomic E-state index is 0.0515. The summed E-state index contributed by atoms with van der Waals surface area (Å²) in [6, 6.07) is 7.42. The highest BCUT2D eigenvalue weighted by Crippen LogP contribution is 2.32. The third-order valence-corrected chi connectivity index (χ3v) is 5.55. The second-order valence-corrected chi connectivity index (χ2v) is 7.28. The molecule has 2 aliphatic heterocycles. The van der Waals surface area contributed by atoms with Crippen LogP contribution in [-0.2, 0) is 14.3 Å². The molecule has 27 heavy (non-hydrogen) atoms. The van der Waals surface area contributed by atoms with Crippen LogP contribution in [0.5, 0.6) is 0 Å². The standard InChI is InChI=1S/C20H29N3O4/c1-15-6-3-4-7-16(15)18-19(27-14-17(25)21(18)2)20(26)23-11-9-22(10-12-23)8-5-13-24/h3-4,6-7,18-19,24H,5,8-14H2,1-2H3/t18-,19+/m1/s1. The summed E-state index contributed by atoms with van der Waals surface area (Å²) in [5.74, 6) is -0.162. The van der Waals surface area contributed by atoms with Crippen molar-refractivity contribution in [3.63, 3.8) is 0 Å². The fraction of sp³-hybridized carbons (Fsp3) is 0.600. The molecule has 2 saturated heterocycles. The summed E-state index contributed by atoms with van der Waals surface area (Å²) in [6.07, 6.45) is 0.0693. The van der Waals surface area contributed by atoms with E-state index in [2.05, 4.69) is 4.90 Å². The Hall–Kier alpha value is -1.96. The number of amides is 2. The van der Waals surface area contributed by atoms with Crippen LogP contribution in [0, 0.1) is 6.92 Å². The van der Waals surface area contributed by atoms with Gasteiger partial charge in [0.05, 0.1) is 6.04 Å². The molecule has 0 saturated carbocycles. The number of aliphatic hydroxyl groups is 1. The summed E-state index contributed by atoms with van der Waals surface area (Å²) < 4.78 is 5.76. The molecular formula is C20H29N3O4. The van der Waals surface area contributed by atoms with Gasteiger partial charge >= 0.3 is 0 Å². The SMILES string of the molecule is Cc1ccccc1[C@@H]1[C@@H](C(=O)N2CCN(CCCO)CC2)OCC(=O)N1C. The molecule has 1 aromatic carbocycles. The number of aliphatic hydroxyl groups excluding tert-OH is 1. The van der Waals surface area contributed by atoms with E-state index in [0.717, 1.165) is 37.2 Å². The molecule has 7 nitrogen and oxygen atoms in total. The highest BCUT2D eigenvalue weighted by molar-refractivity contribution is 5.86. The first-order valence-electron chi connectivity index (χ1n) is 9.57. The molecule has 7 heteroatoms. The molecule has 0 radical (unpaired) electrons. The van der Waals surface area contributed by atoms with Crippen molar-refractivity contribution in [3.05, 3.63) is 35.4 Å². The Balaban J connectivity index is 1.74. The van der Waals surface area contributed by atoms with Gasteiger partial charge in [-0.3, -0.25) is 14.5 Å². The topological polar surface area (TPSA) is 73.3 Å². The third kappa shape index (κ3) is 4.31. The van der Waals surface area contributed by atoms with Crippen LogP contribution >= 0.6 is 0 Å². The van der Waals surface area contributed by atoms with E-state index < -0.39 is 12.1 Å². The Bertz CT molecular complexity index is 673. The number of carbonyl (C=O) groups is 2. The first-order chi connectivity index (χ1) is 13.0. The molecule has 1 aromatic rings. The van der Waals surface area contributed by atoms with Crippen molar-refractivity contribution < 1.29 is 19.4 Å². The second kappa shape index (κ2) is 8.82. The van der Waals surface area contributed by atoms with Crippen molar-refractivity contribution in [2.45, 2.75) is 25.5 Å². The van der Waals surface area contributed by atoms with Crippen molar-refractivity contribution in [3.8, 4) is 0 Å². The Morgan fingerprint density at radius 1 is 1.22 bits per heavy atom. The molecule has 2 amide bonds. The number of aryl methyl sites for hydroxylation is 1. The molecule has 0 spiro atoms. The molecule has 0 unspecified atom stereocenters. The number of carbonyl (C=O) groups excluding carboxylic acids is 2. The Kier molecular flexibility index (Phi) is 6.46. The van der Waals surface area contributed by atoms with Gasteiger partial charge < -0.3 is 19.6 Å². The van der Waals surface area contributed by atoms with Crippen LogP contribution in [0.15, 0.2) is 24.3 Å². The van der Waals surface area contributed by atoms with E-state index in [9.17, 15) is 9.59 Å². The second-order valence-electron chi connectivity index (χ2n) is 7.28. The lowest BCUT2D eigenvalue weighted by Crippen LogP contribution is -2.57. The summed E-state index contributed by atoms with van der Waals surface area (Å²) in [5.41, 5.74) is 1.99. The number of benzene rings is 1. The summed E-state index contributed by atoms with van der Waals surface area (Å²) in [7, 11) is 1.75. The number of hydrogen-bond donors (Lipinski definition) is 1. The van der Waals surface area contributed by atoms with Gasteiger partial charge in [0, 0.05) is 46.4 Å². The number of ether oxygens (including phenoxy) is 1. The van der Waals surface area contributed by atoms with Crippen molar-refractivity contribution in [2.75, 3.05) is 53.0 Å². The first-order valence-corrected chi connectivity index (χ1v) is 9.57. The average molecular weight is 375 g/mol. The van der Waals surface area contributed by atoms with Crippen LogP contribution < -0.4 is 0 Å². The van der Waals surface area contributed by atoms with Gasteiger partial charge in [-0.05, 0) is 24.5 Å². The maximum atomic E-state index is 13.2. The Morgan fingerprint density at radius 3 is 2.59 bits per heavy atom. The molecular weight excluding hydrogens is 346 g/mol. The van der Waals surface area contributed by atoms with Gasteiger partial charge in [0.2, 0.25) is 5.91 Å². The fourth-order valence-corrected chi connectivity index (χ4v) is 3.88. The third-order valence-electron chi connectivity index (χ3n) is 5.55. The van der Waals surface area contributed by atoms with Crippen molar-refractivity contribution >= 4 is 11.8 Å². The van der Waals surface area contributed by atoms with E-state index in [0.29, 0.717) is 13.1 Å². The highest BCUT2D eigenvalue weighted by atomic mass is 16.5. The molecule has 2 fully saturated rings. The maximum absolute atomic E-state index is 13.2. The number of likely N-dealkylation sites (N-methyl/N-ethyl adjacent to an activating group) is 1. The van der Waals surface area contributed by atoms with Crippen LogP contribution in [0.25, 0.3) is 0 Å². The number of rotatable bonds is 5. The van der Waals surface area contributed by atoms with E-state index in [4.69, 9.17) is 9.84 Å². The van der Waals surface area contributed by atoms with Crippen LogP contribution in [0.1, 0.15) is 23.6 Å². The summed E-state index contributed by atoms with van der Waals surface area (Å²) in [4.78, 5) is 31.2. The number of morpholine rings is 1. The summed E-state index contributed by atoms with van der Waals surface area (Å²) >= 11 is 0. The lowest BCUT2D eigenvalue weighted by molar-refractivity contribution is -0.168. The van der Waals surface area contributed by atoms with Gasteiger partial charge in [0.1, 0.15) is 6.61 Å². The molecule has 2 aliphatic rings. The van der Waals surface area contributed by atoms with E-state index >= 15 is 0 Å².